The minimum atomic E-state index is -4.08. The summed E-state index contributed by atoms with van der Waals surface area (Å²) in [6.07, 6.45) is 1.33. The molecule has 1 aliphatic rings. The van der Waals surface area contributed by atoms with Gasteiger partial charge in [-0.3, -0.25) is 19.7 Å². The Kier molecular flexibility index (Phi) is 8.34. The molecule has 1 saturated heterocycles. The van der Waals surface area contributed by atoms with Crippen molar-refractivity contribution in [3.8, 4) is 0 Å². The van der Waals surface area contributed by atoms with Crippen molar-refractivity contribution < 1.29 is 27.7 Å². The summed E-state index contributed by atoms with van der Waals surface area (Å²) in [7, 11) is -4.08. The molecule has 1 fully saturated rings. The first kappa shape index (κ1) is 26.8. The number of esters is 1. The predicted molar refractivity (Wildman–Crippen MR) is 129 cm³/mol. The van der Waals surface area contributed by atoms with E-state index >= 15 is 0 Å². The number of sulfonamides is 1. The lowest BCUT2D eigenvalue weighted by Gasteiger charge is -2.30. The summed E-state index contributed by atoms with van der Waals surface area (Å²) in [5, 5.41) is 10.9. The summed E-state index contributed by atoms with van der Waals surface area (Å²) in [6, 6.07) is 5.03. The lowest BCUT2D eigenvalue weighted by Crippen LogP contribution is -2.40. The van der Waals surface area contributed by atoms with Gasteiger partial charge in [0.15, 0.2) is 6.61 Å². The maximum Gasteiger partial charge on any atom is 0.309 e. The minimum Gasteiger partial charge on any atom is -0.457 e. The molecule has 0 atom stereocenters. The van der Waals surface area contributed by atoms with E-state index in [9.17, 15) is 28.1 Å². The normalized spacial score (nSPS) is 15.2. The number of nitro benzene ring substituents is 1. The number of carbonyl (C=O) groups is 2. The van der Waals surface area contributed by atoms with Gasteiger partial charge in [0.05, 0.1) is 15.9 Å². The molecule has 0 amide bonds. The topological polar surface area (TPSA) is 129 Å². The van der Waals surface area contributed by atoms with Crippen LogP contribution in [-0.4, -0.2) is 53.7 Å². The lowest BCUT2D eigenvalue weighted by atomic mass is 9.98. The van der Waals surface area contributed by atoms with Crippen molar-refractivity contribution >= 4 is 39.1 Å². The van der Waals surface area contributed by atoms with Crippen LogP contribution >= 0.6 is 11.6 Å². The number of nitro groups is 1. The van der Waals surface area contributed by atoms with Crippen LogP contribution in [0.3, 0.4) is 0 Å². The zero-order chi connectivity index (χ0) is 25.9. The van der Waals surface area contributed by atoms with E-state index in [4.69, 9.17) is 16.3 Å². The first-order chi connectivity index (χ1) is 16.5. The number of carbonyl (C=O) groups excluding carboxylic acids is 2. The Bertz CT molecular complexity index is 1250. The van der Waals surface area contributed by atoms with Gasteiger partial charge >= 0.3 is 5.97 Å². The molecule has 1 aliphatic heterocycles. The Balaban J connectivity index is 1.60. The molecule has 1 aromatic heterocycles. The Morgan fingerprint density at radius 2 is 1.86 bits per heavy atom. The molecule has 0 aliphatic carbocycles. The summed E-state index contributed by atoms with van der Waals surface area (Å²) >= 11 is 6.01. The fraction of sp³-hybridized carbons (Fsp3) is 0.478. The van der Waals surface area contributed by atoms with E-state index < -0.39 is 26.8 Å². The number of nitrogens with zero attached hydrogens (tertiary/aromatic N) is 3. The van der Waals surface area contributed by atoms with Gasteiger partial charge in [-0.15, -0.1) is 0 Å². The fourth-order valence-corrected chi connectivity index (χ4v) is 6.22. The van der Waals surface area contributed by atoms with E-state index in [1.54, 1.807) is 6.07 Å². The highest BCUT2D eigenvalue weighted by atomic mass is 35.5. The Labute approximate surface area is 209 Å². The number of Topliss-reactive ketones (excluding diaryl/α,β-unsaturated/α-hetero) is 1. The molecular weight excluding hydrogens is 498 g/mol. The molecule has 2 heterocycles. The highest BCUT2D eigenvalue weighted by molar-refractivity contribution is 7.89. The highest BCUT2D eigenvalue weighted by Crippen LogP contribution is 2.31. The number of halogens is 1. The molecule has 190 valence electrons. The largest absolute Gasteiger partial charge is 0.457 e. The Hall–Kier alpha value is -2.76. The van der Waals surface area contributed by atoms with Crippen LogP contribution in [0, 0.1) is 29.9 Å². The number of aryl methyl sites for hydroxylation is 1. The number of non-ortho nitro benzene ring substituents is 1. The number of rotatable bonds is 9. The molecule has 35 heavy (non-hydrogen) atoms. The molecule has 0 saturated carbocycles. The number of hydrogen-bond donors (Lipinski definition) is 0. The van der Waals surface area contributed by atoms with Gasteiger partial charge in [-0.1, -0.05) is 18.5 Å². The first-order valence-electron chi connectivity index (χ1n) is 11.3. The van der Waals surface area contributed by atoms with Crippen LogP contribution in [0.25, 0.3) is 0 Å². The third-order valence-electron chi connectivity index (χ3n) is 6.20. The second-order valence-corrected chi connectivity index (χ2v) is 10.8. The summed E-state index contributed by atoms with van der Waals surface area (Å²) in [5.41, 5.74) is 1.95. The maximum absolute atomic E-state index is 13.0. The number of benzene rings is 1. The van der Waals surface area contributed by atoms with E-state index in [1.165, 1.54) is 6.07 Å². The zero-order valence-corrected chi connectivity index (χ0v) is 21.4. The number of ketones is 1. The summed E-state index contributed by atoms with van der Waals surface area (Å²) in [6.45, 7) is 6.30. The van der Waals surface area contributed by atoms with E-state index in [0.717, 1.165) is 40.8 Å². The second-order valence-electron chi connectivity index (χ2n) is 8.52. The van der Waals surface area contributed by atoms with Crippen molar-refractivity contribution in [2.24, 2.45) is 5.92 Å². The van der Waals surface area contributed by atoms with Gasteiger partial charge in [-0.25, -0.2) is 8.42 Å². The van der Waals surface area contributed by atoms with Crippen LogP contribution < -0.4 is 0 Å². The van der Waals surface area contributed by atoms with Crippen LogP contribution in [-0.2, 0) is 26.1 Å². The number of hydrogen-bond acceptors (Lipinski definition) is 7. The summed E-state index contributed by atoms with van der Waals surface area (Å²) in [4.78, 5) is 35.2. The minimum absolute atomic E-state index is 0.0211. The monoisotopic (exact) mass is 525 g/mol. The van der Waals surface area contributed by atoms with Gasteiger partial charge in [0.1, 0.15) is 4.90 Å². The van der Waals surface area contributed by atoms with Gasteiger partial charge in [-0.05, 0) is 45.2 Å². The summed E-state index contributed by atoms with van der Waals surface area (Å²) < 4.78 is 34.5. The molecule has 12 heteroatoms. The van der Waals surface area contributed by atoms with Crippen LogP contribution in [0.1, 0.15) is 47.9 Å². The molecule has 0 bridgehead atoms. The molecule has 10 nitrogen and oxygen atoms in total. The van der Waals surface area contributed by atoms with Crippen molar-refractivity contribution in [2.75, 3.05) is 19.7 Å². The molecule has 1 aromatic carbocycles. The van der Waals surface area contributed by atoms with Crippen molar-refractivity contribution in [1.82, 2.24) is 8.87 Å². The SMILES string of the molecule is CCCn1c(C)cc(C(=O)COC(=O)C2CCN(S(=O)(=O)c3cc([N+](=O)[O-])ccc3Cl)CC2)c1C. The van der Waals surface area contributed by atoms with Crippen LogP contribution in [0.2, 0.25) is 5.02 Å². The quantitative estimate of drug-likeness (QED) is 0.210. The van der Waals surface area contributed by atoms with Gasteiger partial charge < -0.3 is 9.30 Å². The van der Waals surface area contributed by atoms with Crippen molar-refractivity contribution in [3.05, 3.63) is 56.4 Å². The van der Waals surface area contributed by atoms with Gasteiger partial charge in [-0.2, -0.15) is 4.31 Å². The zero-order valence-electron chi connectivity index (χ0n) is 19.8. The number of aromatic nitrogens is 1. The van der Waals surface area contributed by atoms with E-state index in [0.29, 0.717) is 5.56 Å². The van der Waals surface area contributed by atoms with Crippen LogP contribution in [0.5, 0.6) is 0 Å². The fourth-order valence-electron chi connectivity index (χ4n) is 4.26. The van der Waals surface area contributed by atoms with Crippen LogP contribution in [0.15, 0.2) is 29.2 Å². The highest BCUT2D eigenvalue weighted by Gasteiger charge is 2.35. The molecule has 0 spiro atoms. The van der Waals surface area contributed by atoms with Gasteiger partial charge in [0, 0.05) is 48.7 Å². The van der Waals surface area contributed by atoms with Crippen molar-refractivity contribution in [3.63, 3.8) is 0 Å². The molecule has 3 rings (SSSR count). The number of piperidine rings is 1. The maximum atomic E-state index is 13.0. The second kappa shape index (κ2) is 10.9. The number of ether oxygens (including phenoxy) is 1. The molecule has 0 N–H and O–H groups in total. The van der Waals surface area contributed by atoms with E-state index in [1.807, 2.05) is 13.8 Å². The standard InChI is InChI=1S/C23H28ClN3O7S/c1-4-9-26-15(2)12-19(16(26)3)21(28)14-34-23(29)17-7-10-25(11-8-17)35(32,33)22-13-18(27(30)31)5-6-20(22)24/h5-6,12-13,17H,4,7-11,14H2,1-3H3. The third kappa shape index (κ3) is 5.74. The molecule has 2 aromatic rings. The Morgan fingerprint density at radius 3 is 2.46 bits per heavy atom. The van der Waals surface area contributed by atoms with Gasteiger partial charge in [0.25, 0.3) is 5.69 Å². The first-order valence-corrected chi connectivity index (χ1v) is 13.1. The Morgan fingerprint density at radius 1 is 1.20 bits per heavy atom. The van der Waals surface area contributed by atoms with E-state index in [-0.39, 0.29) is 53.9 Å². The average molecular weight is 526 g/mol. The average Bonchev–Trinajstić information content (AvgIpc) is 3.11. The molecule has 0 unspecified atom stereocenters. The van der Waals surface area contributed by atoms with Crippen LogP contribution in [0.4, 0.5) is 5.69 Å². The van der Waals surface area contributed by atoms with Crippen molar-refractivity contribution in [1.29, 1.82) is 0 Å². The van der Waals surface area contributed by atoms with E-state index in [2.05, 4.69) is 11.5 Å². The summed E-state index contributed by atoms with van der Waals surface area (Å²) in [5.74, 6) is -1.39. The third-order valence-corrected chi connectivity index (χ3v) is 8.58. The predicted octanol–water partition coefficient (Wildman–Crippen LogP) is 3.90. The molecular formula is C23H28ClN3O7S. The van der Waals surface area contributed by atoms with Crippen molar-refractivity contribution in [2.45, 2.75) is 51.5 Å². The van der Waals surface area contributed by atoms with Gasteiger partial charge in [0.2, 0.25) is 15.8 Å². The molecule has 0 radical (unpaired) electrons. The lowest BCUT2D eigenvalue weighted by molar-refractivity contribution is -0.385. The smallest absolute Gasteiger partial charge is 0.309 e.